The number of rotatable bonds is 7. The van der Waals surface area contributed by atoms with E-state index >= 15 is 0 Å². The van der Waals surface area contributed by atoms with Gasteiger partial charge in [-0.25, -0.2) is 4.79 Å². The van der Waals surface area contributed by atoms with E-state index in [9.17, 15) is 9.59 Å². The number of ether oxygens (including phenoxy) is 2. The Morgan fingerprint density at radius 3 is 2.48 bits per heavy atom. The highest BCUT2D eigenvalue weighted by atomic mass is 32.1. The summed E-state index contributed by atoms with van der Waals surface area (Å²) in [6, 6.07) is 12.2. The number of benzene rings is 2. The average molecular weight is 410 g/mol. The van der Waals surface area contributed by atoms with Gasteiger partial charge in [-0.15, -0.1) is 6.58 Å². The molecule has 0 N–H and O–H groups in total. The molecule has 0 atom stereocenters. The Morgan fingerprint density at radius 2 is 1.83 bits per heavy atom. The van der Waals surface area contributed by atoms with Gasteiger partial charge in [0.1, 0.15) is 5.75 Å². The molecule has 0 saturated heterocycles. The molecule has 1 heterocycles. The Balaban J connectivity index is 2.02. The summed E-state index contributed by atoms with van der Waals surface area (Å²) in [7, 11) is 0. The van der Waals surface area contributed by atoms with Crippen LogP contribution in [0.15, 0.2) is 60.1 Å². The molecule has 0 aliphatic carbocycles. The van der Waals surface area contributed by atoms with Crippen molar-refractivity contribution in [1.29, 1.82) is 0 Å². The maximum Gasteiger partial charge on any atom is 0.338 e. The molecule has 0 unspecified atom stereocenters. The summed E-state index contributed by atoms with van der Waals surface area (Å²) in [5.41, 5.74) is 1.82. The average Bonchev–Trinajstić information content (AvgIpc) is 3.05. The number of thiazole rings is 1. The monoisotopic (exact) mass is 410 g/mol. The first-order valence-electron chi connectivity index (χ1n) is 9.30. The second-order valence-electron chi connectivity index (χ2n) is 6.06. The highest BCUT2D eigenvalue weighted by Gasteiger charge is 2.12. The Morgan fingerprint density at radius 1 is 1.10 bits per heavy atom. The summed E-state index contributed by atoms with van der Waals surface area (Å²) < 4.78 is 13.2. The molecule has 0 fully saturated rings. The van der Waals surface area contributed by atoms with Crippen LogP contribution in [0.4, 0.5) is 0 Å². The minimum Gasteiger partial charge on any atom is -0.494 e. The maximum absolute atomic E-state index is 12.7. The van der Waals surface area contributed by atoms with Gasteiger partial charge in [0, 0.05) is 12.1 Å². The van der Waals surface area contributed by atoms with Gasteiger partial charge in [-0.2, -0.15) is 4.99 Å². The summed E-state index contributed by atoms with van der Waals surface area (Å²) >= 11 is 1.34. The lowest BCUT2D eigenvalue weighted by molar-refractivity contribution is 0.0526. The number of allylic oxidation sites excluding steroid dienone is 1. The van der Waals surface area contributed by atoms with E-state index in [2.05, 4.69) is 11.6 Å². The summed E-state index contributed by atoms with van der Waals surface area (Å²) in [6.07, 6.45) is 1.74. The Bertz CT molecular complexity index is 1110. The van der Waals surface area contributed by atoms with E-state index in [1.54, 1.807) is 49.4 Å². The second-order valence-corrected chi connectivity index (χ2v) is 7.07. The molecule has 1 aromatic heterocycles. The molecule has 0 saturated carbocycles. The van der Waals surface area contributed by atoms with Gasteiger partial charge in [-0.1, -0.05) is 17.4 Å². The number of hydrogen-bond donors (Lipinski definition) is 0. The first-order chi connectivity index (χ1) is 14.1. The van der Waals surface area contributed by atoms with Crippen LogP contribution in [0.3, 0.4) is 0 Å². The van der Waals surface area contributed by atoms with E-state index in [4.69, 9.17) is 9.47 Å². The number of fused-ring (bicyclic) bond motifs is 1. The van der Waals surface area contributed by atoms with Gasteiger partial charge in [0.2, 0.25) is 0 Å². The zero-order chi connectivity index (χ0) is 20.8. The number of hydrogen-bond acceptors (Lipinski definition) is 5. The van der Waals surface area contributed by atoms with Crippen molar-refractivity contribution < 1.29 is 19.1 Å². The van der Waals surface area contributed by atoms with Gasteiger partial charge in [0.05, 0.1) is 29.0 Å². The maximum atomic E-state index is 12.7. The SMILES string of the molecule is C=CCn1c(=NC(=O)c2ccc(OCC)cc2)sc2cc(C(=O)OCC)ccc21. The quantitative estimate of drug-likeness (QED) is 0.432. The van der Waals surface area contributed by atoms with Gasteiger partial charge in [-0.3, -0.25) is 4.79 Å². The fourth-order valence-corrected chi connectivity index (χ4v) is 3.89. The van der Waals surface area contributed by atoms with Crippen molar-refractivity contribution >= 4 is 33.4 Å². The molecule has 6 nitrogen and oxygen atoms in total. The predicted molar refractivity (Wildman–Crippen MR) is 113 cm³/mol. The van der Waals surface area contributed by atoms with Gasteiger partial charge < -0.3 is 14.0 Å². The Labute approximate surface area is 172 Å². The molecule has 0 radical (unpaired) electrons. The number of esters is 1. The summed E-state index contributed by atoms with van der Waals surface area (Å²) in [6.45, 7) is 8.83. The largest absolute Gasteiger partial charge is 0.494 e. The predicted octanol–water partition coefficient (Wildman–Crippen LogP) is 4.21. The second kappa shape index (κ2) is 9.34. The van der Waals surface area contributed by atoms with Crippen LogP contribution in [0.25, 0.3) is 10.2 Å². The van der Waals surface area contributed by atoms with Crippen molar-refractivity contribution in [1.82, 2.24) is 4.57 Å². The van der Waals surface area contributed by atoms with E-state index in [1.807, 2.05) is 17.6 Å². The van der Waals surface area contributed by atoms with Gasteiger partial charge in [-0.05, 0) is 56.3 Å². The molecular weight excluding hydrogens is 388 g/mol. The van der Waals surface area contributed by atoms with E-state index < -0.39 is 0 Å². The topological polar surface area (TPSA) is 69.9 Å². The molecule has 7 heteroatoms. The molecule has 3 aromatic rings. The fraction of sp³-hybridized carbons (Fsp3) is 0.227. The first kappa shape index (κ1) is 20.5. The lowest BCUT2D eigenvalue weighted by Gasteiger charge is -2.04. The van der Waals surface area contributed by atoms with Gasteiger partial charge in [0.15, 0.2) is 4.80 Å². The van der Waals surface area contributed by atoms with Crippen LogP contribution in [-0.4, -0.2) is 29.7 Å². The number of carbonyl (C=O) groups is 2. The third-order valence-electron chi connectivity index (χ3n) is 4.12. The van der Waals surface area contributed by atoms with Crippen LogP contribution in [0.5, 0.6) is 5.75 Å². The highest BCUT2D eigenvalue weighted by molar-refractivity contribution is 7.16. The molecule has 29 heavy (non-hydrogen) atoms. The zero-order valence-corrected chi connectivity index (χ0v) is 17.2. The van der Waals surface area contributed by atoms with Crippen molar-refractivity contribution in [3.8, 4) is 5.75 Å². The number of aromatic nitrogens is 1. The molecule has 0 aliphatic heterocycles. The lowest BCUT2D eigenvalue weighted by atomic mass is 10.2. The lowest BCUT2D eigenvalue weighted by Crippen LogP contribution is -2.16. The third-order valence-corrected chi connectivity index (χ3v) is 5.16. The van der Waals surface area contributed by atoms with E-state index in [0.717, 1.165) is 10.2 Å². The molecular formula is C22H22N2O4S. The van der Waals surface area contributed by atoms with E-state index in [0.29, 0.717) is 41.4 Å². The molecule has 0 bridgehead atoms. The van der Waals surface area contributed by atoms with Crippen LogP contribution < -0.4 is 9.54 Å². The molecule has 3 rings (SSSR count). The van der Waals surface area contributed by atoms with Crippen LogP contribution in [0, 0.1) is 0 Å². The number of amides is 1. The molecule has 0 aliphatic rings. The van der Waals surface area contributed by atoms with Gasteiger partial charge >= 0.3 is 5.97 Å². The van der Waals surface area contributed by atoms with Crippen LogP contribution in [-0.2, 0) is 11.3 Å². The van der Waals surface area contributed by atoms with Crippen LogP contribution in [0.1, 0.15) is 34.6 Å². The standard InChI is InChI=1S/C22H22N2O4S/c1-4-13-24-18-12-9-16(21(26)28-6-3)14-19(18)29-22(24)23-20(25)15-7-10-17(11-8-15)27-5-2/h4,7-12,14H,1,5-6,13H2,2-3H3. The third kappa shape index (κ3) is 4.63. The van der Waals surface area contributed by atoms with E-state index in [-0.39, 0.29) is 11.9 Å². The summed E-state index contributed by atoms with van der Waals surface area (Å²) in [4.78, 5) is 29.5. The molecule has 150 valence electrons. The summed E-state index contributed by atoms with van der Waals surface area (Å²) in [5.74, 6) is -0.0100. The zero-order valence-electron chi connectivity index (χ0n) is 16.4. The molecule has 0 spiro atoms. The van der Waals surface area contributed by atoms with Crippen molar-refractivity contribution in [2.75, 3.05) is 13.2 Å². The Hall–Kier alpha value is -3.19. The molecule has 2 aromatic carbocycles. The number of carbonyl (C=O) groups excluding carboxylic acids is 2. The van der Waals surface area contributed by atoms with Crippen molar-refractivity contribution in [3.63, 3.8) is 0 Å². The molecule has 1 amide bonds. The van der Waals surface area contributed by atoms with Crippen molar-refractivity contribution in [2.24, 2.45) is 4.99 Å². The first-order valence-corrected chi connectivity index (χ1v) is 10.1. The van der Waals surface area contributed by atoms with E-state index in [1.165, 1.54) is 11.3 Å². The van der Waals surface area contributed by atoms with Crippen molar-refractivity contribution in [3.05, 3.63) is 71.0 Å². The smallest absolute Gasteiger partial charge is 0.338 e. The highest BCUT2D eigenvalue weighted by Crippen LogP contribution is 2.20. The normalized spacial score (nSPS) is 11.4. The minimum atomic E-state index is -0.373. The summed E-state index contributed by atoms with van der Waals surface area (Å²) in [5, 5.41) is 0. The van der Waals surface area contributed by atoms with Crippen LogP contribution in [0.2, 0.25) is 0 Å². The van der Waals surface area contributed by atoms with Crippen molar-refractivity contribution in [2.45, 2.75) is 20.4 Å². The minimum absolute atomic E-state index is 0.314. The fourth-order valence-electron chi connectivity index (χ4n) is 2.82. The Kier molecular flexibility index (Phi) is 6.61. The van der Waals surface area contributed by atoms with Crippen LogP contribution >= 0.6 is 11.3 Å². The number of nitrogens with zero attached hydrogens (tertiary/aromatic N) is 2. The van der Waals surface area contributed by atoms with Gasteiger partial charge in [0.25, 0.3) is 5.91 Å².